The standard InChI is InChI=1S/C18H34O4S/c1-2-3-4-5-6-7-8-9-10-11-12-13-14-23-16(18(21)22)15-17(19)20/h16H,2-15H2,1H3,(H,19,20)(H,21,22). The van der Waals surface area contributed by atoms with E-state index in [9.17, 15) is 9.59 Å². The molecule has 1 atom stereocenters. The van der Waals surface area contributed by atoms with E-state index in [1.165, 1.54) is 76.0 Å². The third-order valence-corrected chi connectivity index (χ3v) is 5.25. The molecule has 0 amide bonds. The van der Waals surface area contributed by atoms with Gasteiger partial charge >= 0.3 is 11.9 Å². The van der Waals surface area contributed by atoms with E-state index in [4.69, 9.17) is 10.2 Å². The van der Waals surface area contributed by atoms with E-state index in [0.717, 1.165) is 18.6 Å². The number of aliphatic carboxylic acids is 2. The van der Waals surface area contributed by atoms with Gasteiger partial charge in [-0.25, -0.2) is 0 Å². The molecule has 136 valence electrons. The molecular weight excluding hydrogens is 312 g/mol. The van der Waals surface area contributed by atoms with Crippen molar-refractivity contribution in [2.75, 3.05) is 5.75 Å². The van der Waals surface area contributed by atoms with Crippen LogP contribution in [0.3, 0.4) is 0 Å². The summed E-state index contributed by atoms with van der Waals surface area (Å²) in [6, 6.07) is 0. The fourth-order valence-electron chi connectivity index (χ4n) is 2.54. The Bertz CT molecular complexity index is 307. The Morgan fingerprint density at radius 1 is 0.783 bits per heavy atom. The lowest BCUT2D eigenvalue weighted by atomic mass is 10.1. The Balaban J connectivity index is 3.32. The summed E-state index contributed by atoms with van der Waals surface area (Å²) < 4.78 is 0. The van der Waals surface area contributed by atoms with Crippen molar-refractivity contribution in [2.45, 2.75) is 95.6 Å². The molecule has 0 heterocycles. The molecule has 2 N–H and O–H groups in total. The fraction of sp³-hybridized carbons (Fsp3) is 0.889. The first-order valence-corrected chi connectivity index (χ1v) is 10.2. The maximum Gasteiger partial charge on any atom is 0.317 e. The van der Waals surface area contributed by atoms with E-state index >= 15 is 0 Å². The summed E-state index contributed by atoms with van der Waals surface area (Å²) in [6.45, 7) is 2.24. The van der Waals surface area contributed by atoms with Crippen LogP contribution in [0.25, 0.3) is 0 Å². The van der Waals surface area contributed by atoms with Crippen LogP contribution in [-0.4, -0.2) is 33.2 Å². The minimum atomic E-state index is -1.04. The molecule has 0 rings (SSSR count). The molecule has 0 aromatic heterocycles. The molecule has 0 aliphatic carbocycles. The van der Waals surface area contributed by atoms with Crippen molar-refractivity contribution < 1.29 is 19.8 Å². The number of unbranched alkanes of at least 4 members (excludes halogenated alkanes) is 11. The minimum absolute atomic E-state index is 0.293. The van der Waals surface area contributed by atoms with Gasteiger partial charge in [0.25, 0.3) is 0 Å². The molecule has 0 aromatic carbocycles. The van der Waals surface area contributed by atoms with Gasteiger partial charge in [0.2, 0.25) is 0 Å². The number of hydrogen-bond acceptors (Lipinski definition) is 3. The summed E-state index contributed by atoms with van der Waals surface area (Å²) in [5, 5.41) is 16.8. The first-order valence-electron chi connectivity index (χ1n) is 9.14. The van der Waals surface area contributed by atoms with Gasteiger partial charge in [-0.15, -0.1) is 11.8 Å². The summed E-state index contributed by atoms with van der Waals surface area (Å²) in [6.07, 6.45) is 15.1. The van der Waals surface area contributed by atoms with Crippen LogP contribution in [0.5, 0.6) is 0 Å². The highest BCUT2D eigenvalue weighted by molar-refractivity contribution is 8.00. The highest BCUT2D eigenvalue weighted by Crippen LogP contribution is 2.18. The first-order chi connectivity index (χ1) is 11.1. The van der Waals surface area contributed by atoms with Gasteiger partial charge in [0.05, 0.1) is 6.42 Å². The van der Waals surface area contributed by atoms with E-state index in [2.05, 4.69) is 6.92 Å². The molecule has 0 saturated carbocycles. The van der Waals surface area contributed by atoms with Gasteiger partial charge in [-0.05, 0) is 12.2 Å². The Hall–Kier alpha value is -0.710. The lowest BCUT2D eigenvalue weighted by Crippen LogP contribution is -2.20. The summed E-state index contributed by atoms with van der Waals surface area (Å²) in [5.74, 6) is -1.32. The average Bonchev–Trinajstić information content (AvgIpc) is 2.50. The molecule has 0 spiro atoms. The molecule has 1 unspecified atom stereocenters. The van der Waals surface area contributed by atoms with Crippen molar-refractivity contribution in [3.8, 4) is 0 Å². The molecule has 5 heteroatoms. The van der Waals surface area contributed by atoms with Crippen LogP contribution in [0.4, 0.5) is 0 Å². The number of carboxylic acids is 2. The maximum absolute atomic E-state index is 10.9. The molecule has 4 nitrogen and oxygen atoms in total. The highest BCUT2D eigenvalue weighted by Gasteiger charge is 2.20. The van der Waals surface area contributed by atoms with E-state index in [1.807, 2.05) is 0 Å². The van der Waals surface area contributed by atoms with Crippen molar-refractivity contribution in [3.63, 3.8) is 0 Å². The zero-order chi connectivity index (χ0) is 17.3. The molecule has 23 heavy (non-hydrogen) atoms. The van der Waals surface area contributed by atoms with Gasteiger partial charge in [-0.2, -0.15) is 0 Å². The number of carbonyl (C=O) groups is 2. The number of carboxylic acid groups (broad SMARTS) is 2. The van der Waals surface area contributed by atoms with Gasteiger partial charge in [0, 0.05) is 0 Å². The number of rotatable bonds is 17. The molecule has 0 aliphatic heterocycles. The molecular formula is C18H34O4S. The van der Waals surface area contributed by atoms with Crippen LogP contribution in [0.1, 0.15) is 90.4 Å². The van der Waals surface area contributed by atoms with Gasteiger partial charge in [-0.1, -0.05) is 77.6 Å². The predicted octanol–water partition coefficient (Wildman–Crippen LogP) is 5.35. The van der Waals surface area contributed by atoms with E-state index < -0.39 is 17.2 Å². The maximum atomic E-state index is 10.9. The van der Waals surface area contributed by atoms with Crippen LogP contribution < -0.4 is 0 Å². The Labute approximate surface area is 145 Å². The average molecular weight is 347 g/mol. The Kier molecular flexibility index (Phi) is 15.7. The van der Waals surface area contributed by atoms with Crippen molar-refractivity contribution in [1.82, 2.24) is 0 Å². The molecule has 0 radical (unpaired) electrons. The molecule has 0 aromatic rings. The Morgan fingerprint density at radius 3 is 1.61 bits per heavy atom. The minimum Gasteiger partial charge on any atom is -0.481 e. The Morgan fingerprint density at radius 2 is 1.22 bits per heavy atom. The van der Waals surface area contributed by atoms with Crippen LogP contribution in [0, 0.1) is 0 Å². The quantitative estimate of drug-likeness (QED) is 0.347. The lowest BCUT2D eigenvalue weighted by Gasteiger charge is -2.09. The molecule has 0 fully saturated rings. The van der Waals surface area contributed by atoms with E-state index in [1.54, 1.807) is 0 Å². The lowest BCUT2D eigenvalue weighted by molar-refractivity contribution is -0.142. The van der Waals surface area contributed by atoms with Crippen molar-refractivity contribution >= 4 is 23.7 Å². The third kappa shape index (κ3) is 15.9. The van der Waals surface area contributed by atoms with Gasteiger partial charge in [-0.3, -0.25) is 9.59 Å². The van der Waals surface area contributed by atoms with Crippen LogP contribution >= 0.6 is 11.8 Å². The van der Waals surface area contributed by atoms with Crippen LogP contribution in [-0.2, 0) is 9.59 Å². The second kappa shape index (κ2) is 16.2. The SMILES string of the molecule is CCCCCCCCCCCCCCSC(CC(=O)O)C(=O)O. The van der Waals surface area contributed by atoms with Gasteiger partial charge in [0.15, 0.2) is 0 Å². The molecule has 0 aliphatic rings. The summed E-state index contributed by atoms with van der Waals surface area (Å²) in [4.78, 5) is 21.5. The van der Waals surface area contributed by atoms with Crippen molar-refractivity contribution in [2.24, 2.45) is 0 Å². The zero-order valence-electron chi connectivity index (χ0n) is 14.6. The normalized spacial score (nSPS) is 12.2. The van der Waals surface area contributed by atoms with E-state index in [-0.39, 0.29) is 6.42 Å². The largest absolute Gasteiger partial charge is 0.481 e. The summed E-state index contributed by atoms with van der Waals surface area (Å²) in [7, 11) is 0. The van der Waals surface area contributed by atoms with E-state index in [0.29, 0.717) is 0 Å². The second-order valence-corrected chi connectivity index (χ2v) is 7.50. The number of hydrogen-bond donors (Lipinski definition) is 2. The number of thioether (sulfide) groups is 1. The predicted molar refractivity (Wildman–Crippen MR) is 97.2 cm³/mol. The molecule has 0 saturated heterocycles. The topological polar surface area (TPSA) is 74.6 Å². The highest BCUT2D eigenvalue weighted by atomic mass is 32.2. The van der Waals surface area contributed by atoms with Gasteiger partial charge in [0.1, 0.15) is 5.25 Å². The van der Waals surface area contributed by atoms with Gasteiger partial charge < -0.3 is 10.2 Å². The smallest absolute Gasteiger partial charge is 0.317 e. The van der Waals surface area contributed by atoms with Crippen molar-refractivity contribution in [1.29, 1.82) is 0 Å². The summed E-state index contributed by atoms with van der Waals surface area (Å²) >= 11 is 1.26. The fourth-order valence-corrected chi connectivity index (χ4v) is 3.60. The first kappa shape index (κ1) is 22.3. The van der Waals surface area contributed by atoms with Crippen molar-refractivity contribution in [3.05, 3.63) is 0 Å². The monoisotopic (exact) mass is 346 g/mol. The van der Waals surface area contributed by atoms with Crippen LogP contribution in [0.2, 0.25) is 0 Å². The van der Waals surface area contributed by atoms with Crippen LogP contribution in [0.15, 0.2) is 0 Å². The second-order valence-electron chi connectivity index (χ2n) is 6.18. The zero-order valence-corrected chi connectivity index (χ0v) is 15.4. The third-order valence-electron chi connectivity index (χ3n) is 3.95. The summed E-state index contributed by atoms with van der Waals surface area (Å²) in [5.41, 5.74) is 0. The molecule has 0 bridgehead atoms.